The molecular weight excluding hydrogens is 467 g/mol. The first kappa shape index (κ1) is 20.2. The maximum absolute atomic E-state index is 2.39. The normalized spacial score (nSPS) is 12.3. The second kappa shape index (κ2) is 6.91. The molecule has 3 rings (SSSR count). The number of hydrogen-bond acceptors (Lipinski definition) is 0. The second-order valence-electron chi connectivity index (χ2n) is 9.14. The molecule has 0 spiro atoms. The first-order valence-electron chi connectivity index (χ1n) is 8.88. The molecule has 0 N–H and O–H groups in total. The van der Waals surface area contributed by atoms with Gasteiger partial charge in [0.2, 0.25) is 0 Å². The van der Waals surface area contributed by atoms with E-state index in [1.165, 1.54) is 38.6 Å². The molecule has 0 saturated heterocycles. The van der Waals surface area contributed by atoms with Gasteiger partial charge >= 0.3 is 0 Å². The predicted octanol–water partition coefficient (Wildman–Crippen LogP) is 7.13. The van der Waals surface area contributed by atoms with E-state index in [0.29, 0.717) is 0 Å². The van der Waals surface area contributed by atoms with Crippen molar-refractivity contribution >= 4 is 10.8 Å². The third kappa shape index (κ3) is 4.19. The minimum atomic E-state index is 0. The Labute approximate surface area is 171 Å². The van der Waals surface area contributed by atoms with Crippen LogP contribution in [-0.4, -0.2) is 0 Å². The van der Waals surface area contributed by atoms with Crippen LogP contribution in [0.15, 0.2) is 48.5 Å². The first-order valence-corrected chi connectivity index (χ1v) is 8.88. The van der Waals surface area contributed by atoms with E-state index in [2.05, 4.69) is 97.0 Å². The van der Waals surface area contributed by atoms with Crippen LogP contribution in [0, 0.1) is 6.92 Å². The fourth-order valence-corrected chi connectivity index (χ4v) is 3.29. The maximum atomic E-state index is 2.39. The predicted molar refractivity (Wildman–Crippen MR) is 107 cm³/mol. The summed E-state index contributed by atoms with van der Waals surface area (Å²) in [5.41, 5.74) is 7.12. The van der Waals surface area contributed by atoms with Crippen molar-refractivity contribution in [3.63, 3.8) is 0 Å². The van der Waals surface area contributed by atoms with E-state index < -0.39 is 0 Å². The molecule has 0 heterocycles. The molecule has 0 aromatic heterocycles. The van der Waals surface area contributed by atoms with Crippen molar-refractivity contribution in [2.24, 2.45) is 0 Å². The van der Waals surface area contributed by atoms with Crippen LogP contribution < -0.4 is 0 Å². The van der Waals surface area contributed by atoms with Gasteiger partial charge in [0.1, 0.15) is 0 Å². The summed E-state index contributed by atoms with van der Waals surface area (Å²) in [6, 6.07) is 18.4. The smallest absolute Gasteiger partial charge is 0 e. The monoisotopic (exact) mass is 497 g/mol. The van der Waals surface area contributed by atoms with Gasteiger partial charge in [0, 0.05) is 25.8 Å². The van der Waals surface area contributed by atoms with Crippen LogP contribution in [0.1, 0.15) is 58.2 Å². The molecular formula is C24H29Hf-. The molecule has 0 aliphatic carbocycles. The van der Waals surface area contributed by atoms with Crippen LogP contribution in [0.4, 0.5) is 0 Å². The van der Waals surface area contributed by atoms with Crippen LogP contribution in [0.25, 0.3) is 21.9 Å². The molecule has 0 saturated carbocycles. The van der Waals surface area contributed by atoms with E-state index in [0.717, 1.165) is 0 Å². The molecule has 25 heavy (non-hydrogen) atoms. The Morgan fingerprint density at radius 2 is 1.32 bits per heavy atom. The topological polar surface area (TPSA) is 0 Å². The zero-order chi connectivity index (χ0) is 17.7. The van der Waals surface area contributed by atoms with Crippen LogP contribution >= 0.6 is 0 Å². The Morgan fingerprint density at radius 3 is 1.84 bits per heavy atom. The quantitative estimate of drug-likeness (QED) is 0.249. The molecule has 0 amide bonds. The summed E-state index contributed by atoms with van der Waals surface area (Å²) in [5.74, 6) is 0. The molecule has 1 heteroatoms. The van der Waals surface area contributed by atoms with Gasteiger partial charge in [-0.15, -0.1) is 34.5 Å². The summed E-state index contributed by atoms with van der Waals surface area (Å²) in [7, 11) is 0. The van der Waals surface area contributed by atoms with E-state index in [-0.39, 0.29) is 36.7 Å². The van der Waals surface area contributed by atoms with Crippen molar-refractivity contribution in [3.05, 3.63) is 65.2 Å². The Balaban J connectivity index is 0.00000225. The number of hydrogen-bond donors (Lipinski definition) is 0. The standard InChI is InChI=1S/C24H29.Hf/c1-16-11-17-9-8-10-21(22(17)12-16)18-13-19(23(2,3)4)15-20(14-18)24(5,6)7;/h8-15H,1-7H3;/q-1;. The van der Waals surface area contributed by atoms with Gasteiger partial charge in [-0.05, 0) is 27.5 Å². The zero-order valence-corrected chi connectivity index (χ0v) is 20.2. The molecule has 0 fully saturated rings. The minimum absolute atomic E-state index is 0. The molecule has 0 atom stereocenters. The van der Waals surface area contributed by atoms with Gasteiger partial charge in [0.05, 0.1) is 0 Å². The fraction of sp³-hybridized carbons (Fsp3) is 0.375. The van der Waals surface area contributed by atoms with Crippen molar-refractivity contribution in [1.29, 1.82) is 0 Å². The van der Waals surface area contributed by atoms with Gasteiger partial charge < -0.3 is 0 Å². The summed E-state index contributed by atoms with van der Waals surface area (Å²) < 4.78 is 0. The Kier molecular flexibility index (Phi) is 5.59. The first-order chi connectivity index (χ1) is 11.1. The number of aryl methyl sites for hydroxylation is 1. The van der Waals surface area contributed by atoms with Gasteiger partial charge in [-0.1, -0.05) is 78.3 Å². The van der Waals surface area contributed by atoms with E-state index in [9.17, 15) is 0 Å². The molecule has 0 bridgehead atoms. The summed E-state index contributed by atoms with van der Waals surface area (Å²) in [6.07, 6.45) is 0. The van der Waals surface area contributed by atoms with Gasteiger partial charge in [0.25, 0.3) is 0 Å². The van der Waals surface area contributed by atoms with Crippen molar-refractivity contribution < 1.29 is 25.8 Å². The van der Waals surface area contributed by atoms with Crippen molar-refractivity contribution in [2.75, 3.05) is 0 Å². The van der Waals surface area contributed by atoms with Crippen LogP contribution in [-0.2, 0) is 36.7 Å². The Morgan fingerprint density at radius 1 is 0.760 bits per heavy atom. The SMILES string of the molecule is Cc1cc2c(-c3cc(C(C)(C)C)cc(C(C)(C)C)c3)cccc2[cH-]1.[Hf]. The summed E-state index contributed by atoms with van der Waals surface area (Å²) in [5, 5.41) is 2.70. The second-order valence-corrected chi connectivity index (χ2v) is 9.14. The molecule has 3 aromatic rings. The van der Waals surface area contributed by atoms with Crippen molar-refractivity contribution in [3.8, 4) is 11.1 Å². The molecule has 0 unspecified atom stereocenters. The van der Waals surface area contributed by atoms with Crippen LogP contribution in [0.5, 0.6) is 0 Å². The van der Waals surface area contributed by atoms with E-state index in [1.54, 1.807) is 0 Å². The molecule has 0 aliphatic heterocycles. The molecule has 0 radical (unpaired) electrons. The van der Waals surface area contributed by atoms with E-state index >= 15 is 0 Å². The van der Waals surface area contributed by atoms with Crippen molar-refractivity contribution in [1.82, 2.24) is 0 Å². The zero-order valence-electron chi connectivity index (χ0n) is 16.6. The molecule has 130 valence electrons. The molecule has 0 aliphatic rings. The average Bonchev–Trinajstić information content (AvgIpc) is 2.84. The number of fused-ring (bicyclic) bond motifs is 1. The number of benzene rings is 2. The summed E-state index contributed by atoms with van der Waals surface area (Å²) >= 11 is 0. The van der Waals surface area contributed by atoms with Gasteiger partial charge in [-0.25, -0.2) is 0 Å². The largest absolute Gasteiger partial charge is 0.165 e. The average molecular weight is 496 g/mol. The van der Waals surface area contributed by atoms with Crippen LogP contribution in [0.3, 0.4) is 0 Å². The fourth-order valence-electron chi connectivity index (χ4n) is 3.29. The Bertz CT molecular complexity index is 850. The minimum Gasteiger partial charge on any atom is -0.165 e. The van der Waals surface area contributed by atoms with Gasteiger partial charge in [-0.3, -0.25) is 0 Å². The van der Waals surface area contributed by atoms with Crippen molar-refractivity contribution in [2.45, 2.75) is 59.3 Å². The molecule has 0 nitrogen and oxygen atoms in total. The van der Waals surface area contributed by atoms with E-state index in [1.807, 2.05) is 0 Å². The van der Waals surface area contributed by atoms with Gasteiger partial charge in [-0.2, -0.15) is 6.07 Å². The third-order valence-corrected chi connectivity index (χ3v) is 4.87. The van der Waals surface area contributed by atoms with E-state index in [4.69, 9.17) is 0 Å². The Hall–Kier alpha value is -1.08. The third-order valence-electron chi connectivity index (χ3n) is 4.87. The van der Waals surface area contributed by atoms with Gasteiger partial charge in [0.15, 0.2) is 0 Å². The van der Waals surface area contributed by atoms with Crippen LogP contribution in [0.2, 0.25) is 0 Å². The number of rotatable bonds is 1. The summed E-state index contributed by atoms with van der Waals surface area (Å²) in [4.78, 5) is 0. The summed E-state index contributed by atoms with van der Waals surface area (Å²) in [6.45, 7) is 16.0. The maximum Gasteiger partial charge on any atom is 0 e. The molecule has 3 aromatic carbocycles.